The molecule has 1 N–H and O–H groups in total. The van der Waals surface area contributed by atoms with Gasteiger partial charge in [-0.3, -0.25) is 9.59 Å². The first-order valence-electron chi connectivity index (χ1n) is 6.71. The smallest absolute Gasteiger partial charge is 0.309 e. The fourth-order valence-electron chi connectivity index (χ4n) is 2.53. The van der Waals surface area contributed by atoms with Crippen LogP contribution in [0.4, 0.5) is 0 Å². The quantitative estimate of drug-likeness (QED) is 0.767. The third-order valence-corrected chi connectivity index (χ3v) is 7.38. The highest BCUT2D eigenvalue weighted by atomic mass is 79.9. The lowest BCUT2D eigenvalue weighted by Crippen LogP contribution is -2.46. The van der Waals surface area contributed by atoms with Crippen LogP contribution in [0.15, 0.2) is 14.3 Å². The number of carbonyl (C=O) groups is 2. The molecule has 1 amide bonds. The van der Waals surface area contributed by atoms with Crippen molar-refractivity contribution >= 4 is 55.1 Å². The zero-order valence-corrected chi connectivity index (χ0v) is 15.8. The van der Waals surface area contributed by atoms with Gasteiger partial charge in [0.25, 0.3) is 5.91 Å². The number of hydrogen-bond donors (Lipinski definition) is 1. The molecule has 1 unspecified atom stereocenters. The average molecular weight is 439 g/mol. The number of halogens is 2. The molecule has 2 heterocycles. The molecule has 116 valence electrons. The van der Waals surface area contributed by atoms with E-state index in [4.69, 9.17) is 0 Å². The molecule has 0 radical (unpaired) electrons. The number of amides is 1. The molecule has 1 aliphatic rings. The highest BCUT2D eigenvalue weighted by Gasteiger charge is 2.40. The number of hydrogen-bond acceptors (Lipinski definition) is 3. The van der Waals surface area contributed by atoms with Crippen LogP contribution in [0.1, 0.15) is 36.4 Å². The highest BCUT2D eigenvalue weighted by molar-refractivity contribution is 9.13. The predicted octanol–water partition coefficient (Wildman–Crippen LogP) is 4.24. The molecule has 1 atom stereocenters. The second-order valence-electron chi connectivity index (χ2n) is 5.85. The van der Waals surface area contributed by atoms with E-state index in [2.05, 4.69) is 31.9 Å². The van der Waals surface area contributed by atoms with E-state index in [0.717, 1.165) is 21.1 Å². The van der Waals surface area contributed by atoms with Gasteiger partial charge >= 0.3 is 5.97 Å². The third-order valence-electron chi connectivity index (χ3n) is 4.14. The van der Waals surface area contributed by atoms with Gasteiger partial charge in [-0.25, -0.2) is 0 Å². The number of piperidine rings is 1. The van der Waals surface area contributed by atoms with Gasteiger partial charge in [0.05, 0.1) is 14.1 Å². The first-order chi connectivity index (χ1) is 9.73. The Morgan fingerprint density at radius 1 is 1.43 bits per heavy atom. The largest absolute Gasteiger partial charge is 0.481 e. The van der Waals surface area contributed by atoms with Crippen LogP contribution >= 0.6 is 43.2 Å². The van der Waals surface area contributed by atoms with Crippen LogP contribution in [0.3, 0.4) is 0 Å². The summed E-state index contributed by atoms with van der Waals surface area (Å²) in [5.41, 5.74) is -0.810. The molecule has 1 aromatic heterocycles. The Morgan fingerprint density at radius 3 is 2.62 bits per heavy atom. The van der Waals surface area contributed by atoms with Crippen molar-refractivity contribution in [1.29, 1.82) is 0 Å². The maximum Gasteiger partial charge on any atom is 0.309 e. The Labute approximate surface area is 144 Å². The van der Waals surface area contributed by atoms with Gasteiger partial charge in [-0.05, 0) is 70.5 Å². The maximum absolute atomic E-state index is 12.6. The minimum atomic E-state index is -0.810. The Kier molecular flexibility index (Phi) is 5.15. The summed E-state index contributed by atoms with van der Waals surface area (Å²) in [5, 5.41) is 9.36. The monoisotopic (exact) mass is 437 g/mol. The Morgan fingerprint density at radius 2 is 2.10 bits per heavy atom. The topological polar surface area (TPSA) is 57.6 Å². The lowest BCUT2D eigenvalue weighted by atomic mass is 9.74. The van der Waals surface area contributed by atoms with Gasteiger partial charge in [0, 0.05) is 17.6 Å². The van der Waals surface area contributed by atoms with E-state index in [9.17, 15) is 14.7 Å². The van der Waals surface area contributed by atoms with Crippen molar-refractivity contribution in [2.75, 3.05) is 13.1 Å². The summed E-state index contributed by atoms with van der Waals surface area (Å²) in [5.74, 6) is -0.833. The second kappa shape index (κ2) is 6.38. The van der Waals surface area contributed by atoms with Crippen molar-refractivity contribution in [1.82, 2.24) is 4.90 Å². The van der Waals surface area contributed by atoms with E-state index in [0.29, 0.717) is 18.0 Å². The molecule has 0 aliphatic carbocycles. The number of carboxylic acid groups (broad SMARTS) is 1. The summed E-state index contributed by atoms with van der Waals surface area (Å²) in [6, 6.07) is 1.81. The summed E-state index contributed by atoms with van der Waals surface area (Å²) < 4.78 is 1.76. The first-order valence-corrected chi connectivity index (χ1v) is 9.11. The van der Waals surface area contributed by atoms with E-state index >= 15 is 0 Å². The lowest BCUT2D eigenvalue weighted by Gasteiger charge is -2.39. The number of rotatable bonds is 3. The van der Waals surface area contributed by atoms with Crippen LogP contribution in [-0.4, -0.2) is 35.0 Å². The highest BCUT2D eigenvalue weighted by Crippen LogP contribution is 2.36. The normalized spacial score (nSPS) is 19.6. The average Bonchev–Trinajstić information content (AvgIpc) is 2.78. The SMILES string of the molecule is CC(C)(C(=O)O)C1CCCN(C(=O)c2cc(Br)c(Br)s2)C1. The van der Waals surface area contributed by atoms with Crippen molar-refractivity contribution in [2.24, 2.45) is 11.3 Å². The molecule has 7 heteroatoms. The summed E-state index contributed by atoms with van der Waals surface area (Å²) in [4.78, 5) is 26.4. The molecule has 1 fully saturated rings. The van der Waals surface area contributed by atoms with Crippen molar-refractivity contribution in [2.45, 2.75) is 26.7 Å². The van der Waals surface area contributed by atoms with Crippen molar-refractivity contribution in [3.8, 4) is 0 Å². The fraction of sp³-hybridized carbons (Fsp3) is 0.571. The van der Waals surface area contributed by atoms with E-state index < -0.39 is 11.4 Å². The van der Waals surface area contributed by atoms with Gasteiger partial charge in [-0.15, -0.1) is 11.3 Å². The van der Waals surface area contributed by atoms with Crippen LogP contribution in [0, 0.1) is 11.3 Å². The fourth-order valence-corrected chi connectivity index (χ4v) is 4.54. The Bertz CT molecular complexity index is 551. The van der Waals surface area contributed by atoms with Crippen molar-refractivity contribution < 1.29 is 14.7 Å². The third kappa shape index (κ3) is 3.51. The van der Waals surface area contributed by atoms with Crippen LogP contribution < -0.4 is 0 Å². The van der Waals surface area contributed by atoms with Crippen LogP contribution in [0.5, 0.6) is 0 Å². The number of thiophene rings is 1. The number of likely N-dealkylation sites (tertiary alicyclic amines) is 1. The molecule has 1 aliphatic heterocycles. The van der Waals surface area contributed by atoms with Gasteiger partial charge in [0.1, 0.15) is 0 Å². The summed E-state index contributed by atoms with van der Waals surface area (Å²) in [6.45, 7) is 4.68. The van der Waals surface area contributed by atoms with Crippen LogP contribution in [0.25, 0.3) is 0 Å². The number of carbonyl (C=O) groups excluding carboxylic acids is 1. The molecule has 1 aromatic rings. The molecule has 0 saturated carbocycles. The Hall–Kier alpha value is -0.400. The van der Waals surface area contributed by atoms with Gasteiger partial charge in [-0.2, -0.15) is 0 Å². The zero-order chi connectivity index (χ0) is 15.8. The summed E-state index contributed by atoms with van der Waals surface area (Å²) in [6.07, 6.45) is 1.70. The zero-order valence-electron chi connectivity index (χ0n) is 11.9. The van der Waals surface area contributed by atoms with Crippen LogP contribution in [-0.2, 0) is 4.79 Å². The molecule has 0 bridgehead atoms. The standard InChI is InChI=1S/C14H17Br2NO3S/c1-14(2,13(19)20)8-4-3-5-17(7-8)12(18)10-6-9(15)11(16)21-10/h6,8H,3-5,7H2,1-2H3,(H,19,20). The number of aliphatic carboxylic acids is 1. The van der Waals surface area contributed by atoms with E-state index in [1.807, 2.05) is 6.07 Å². The molecule has 0 spiro atoms. The summed E-state index contributed by atoms with van der Waals surface area (Å²) >= 11 is 8.17. The maximum atomic E-state index is 12.6. The number of nitrogens with zero attached hydrogens (tertiary/aromatic N) is 1. The van der Waals surface area contributed by atoms with Gasteiger partial charge in [0.15, 0.2) is 0 Å². The van der Waals surface area contributed by atoms with Gasteiger partial charge in [0.2, 0.25) is 0 Å². The Balaban J connectivity index is 2.14. The van der Waals surface area contributed by atoms with Crippen molar-refractivity contribution in [3.05, 3.63) is 19.2 Å². The number of carboxylic acids is 1. The minimum Gasteiger partial charge on any atom is -0.481 e. The van der Waals surface area contributed by atoms with E-state index in [-0.39, 0.29) is 11.8 Å². The summed E-state index contributed by atoms with van der Waals surface area (Å²) in [7, 11) is 0. The van der Waals surface area contributed by atoms with Crippen LogP contribution in [0.2, 0.25) is 0 Å². The van der Waals surface area contributed by atoms with Crippen molar-refractivity contribution in [3.63, 3.8) is 0 Å². The molecule has 0 aromatic carbocycles. The molecule has 21 heavy (non-hydrogen) atoms. The molecule has 2 rings (SSSR count). The second-order valence-corrected chi connectivity index (χ2v) is 9.07. The first kappa shape index (κ1) is 17.0. The molecular formula is C14H17Br2NO3S. The van der Waals surface area contributed by atoms with E-state index in [1.165, 1.54) is 11.3 Å². The minimum absolute atomic E-state index is 0.0143. The lowest BCUT2D eigenvalue weighted by molar-refractivity contribution is -0.151. The van der Waals surface area contributed by atoms with E-state index in [1.54, 1.807) is 18.7 Å². The molecular weight excluding hydrogens is 422 g/mol. The molecule has 4 nitrogen and oxygen atoms in total. The van der Waals surface area contributed by atoms with Gasteiger partial charge in [-0.1, -0.05) is 0 Å². The molecule has 1 saturated heterocycles. The van der Waals surface area contributed by atoms with Gasteiger partial charge < -0.3 is 10.0 Å². The predicted molar refractivity (Wildman–Crippen MR) is 89.8 cm³/mol.